The first-order chi connectivity index (χ1) is 14.1. The first kappa shape index (κ1) is 21.0. The van der Waals surface area contributed by atoms with Crippen LogP contribution in [0.1, 0.15) is 31.2 Å². The highest BCUT2D eigenvalue weighted by atomic mass is 32.2. The molecule has 1 amide bonds. The number of carbonyl (C=O) groups excluding carboxylic acids is 1. The van der Waals surface area contributed by atoms with Gasteiger partial charge in [0.25, 0.3) is 5.16 Å². The van der Waals surface area contributed by atoms with Crippen molar-refractivity contribution in [3.63, 3.8) is 0 Å². The van der Waals surface area contributed by atoms with Gasteiger partial charge in [-0.05, 0) is 48.8 Å². The van der Waals surface area contributed by atoms with Crippen molar-refractivity contribution in [3.8, 4) is 0 Å². The molecule has 2 aromatic rings. The van der Waals surface area contributed by atoms with Gasteiger partial charge in [-0.1, -0.05) is 18.6 Å². The van der Waals surface area contributed by atoms with Crippen LogP contribution in [0.5, 0.6) is 0 Å². The van der Waals surface area contributed by atoms with Crippen molar-refractivity contribution < 1.29 is 21.6 Å². The molecule has 30 heavy (non-hydrogen) atoms. The van der Waals surface area contributed by atoms with E-state index in [2.05, 4.69) is 10.1 Å². The number of sulfone groups is 2. The summed E-state index contributed by atoms with van der Waals surface area (Å²) in [5.74, 6) is 0.638. The molecule has 1 aromatic carbocycles. The molecule has 162 valence electrons. The monoisotopic (exact) mass is 452 g/mol. The molecule has 2 saturated carbocycles. The van der Waals surface area contributed by atoms with Crippen molar-refractivity contribution in [1.29, 1.82) is 0 Å². The first-order valence-corrected chi connectivity index (χ1v) is 13.2. The Hall–Kier alpha value is -2.27. The molecule has 0 radical (unpaired) electrons. The molecule has 0 spiro atoms. The summed E-state index contributed by atoms with van der Waals surface area (Å²) >= 11 is 0. The maximum atomic E-state index is 12.9. The minimum Gasteiger partial charge on any atom is -0.322 e. The third kappa shape index (κ3) is 3.87. The highest BCUT2D eigenvalue weighted by Crippen LogP contribution is 2.48. The standard InChI is InChI=1S/C19H24N4O5S2/c1-22(11-13-4-7-16(8-5-13)29(2,25)26)19(24)23-12-20-18(21-23)30(27,28)17-10-14-3-6-15(17)9-14/h4-5,7-8,12,14-15,17H,3,6,9-11H2,1-2H3/t14-,15+,17+/m0/s1. The second-order valence-electron chi connectivity index (χ2n) is 8.28. The molecule has 9 nitrogen and oxygen atoms in total. The quantitative estimate of drug-likeness (QED) is 0.678. The van der Waals surface area contributed by atoms with Gasteiger partial charge < -0.3 is 4.90 Å². The Kier molecular flexibility index (Phi) is 5.21. The molecule has 1 heterocycles. The summed E-state index contributed by atoms with van der Waals surface area (Å²) in [5.41, 5.74) is 0.730. The van der Waals surface area contributed by atoms with E-state index in [9.17, 15) is 21.6 Å². The van der Waals surface area contributed by atoms with E-state index < -0.39 is 31.0 Å². The number of fused-ring (bicyclic) bond motifs is 2. The van der Waals surface area contributed by atoms with Crippen LogP contribution in [0.3, 0.4) is 0 Å². The van der Waals surface area contributed by atoms with E-state index in [1.54, 1.807) is 19.2 Å². The summed E-state index contributed by atoms with van der Waals surface area (Å²) < 4.78 is 49.9. The molecular formula is C19H24N4O5S2. The normalized spacial score (nSPS) is 23.6. The summed E-state index contributed by atoms with van der Waals surface area (Å²) in [6, 6.07) is 5.71. The van der Waals surface area contributed by atoms with Gasteiger partial charge in [0.1, 0.15) is 6.33 Å². The summed E-state index contributed by atoms with van der Waals surface area (Å²) in [6.45, 7) is 0.206. The maximum absolute atomic E-state index is 12.9. The van der Waals surface area contributed by atoms with Crippen LogP contribution in [0.4, 0.5) is 4.79 Å². The Morgan fingerprint density at radius 1 is 1.13 bits per heavy atom. The van der Waals surface area contributed by atoms with E-state index in [-0.39, 0.29) is 22.5 Å². The topological polar surface area (TPSA) is 119 Å². The largest absolute Gasteiger partial charge is 0.346 e. The van der Waals surface area contributed by atoms with Gasteiger partial charge in [-0.3, -0.25) is 0 Å². The molecule has 1 aromatic heterocycles. The van der Waals surface area contributed by atoms with Crippen LogP contribution in [0.15, 0.2) is 40.6 Å². The average Bonchev–Trinajstić information content (AvgIpc) is 3.44. The fraction of sp³-hybridized carbons (Fsp3) is 0.526. The Bertz CT molecular complexity index is 1170. The molecule has 2 bridgehead atoms. The van der Waals surface area contributed by atoms with Crippen molar-refractivity contribution >= 4 is 25.7 Å². The summed E-state index contributed by atoms with van der Waals surface area (Å²) in [6.07, 6.45) is 5.88. The molecule has 11 heteroatoms. The molecule has 2 fully saturated rings. The van der Waals surface area contributed by atoms with Crippen molar-refractivity contribution in [3.05, 3.63) is 36.2 Å². The Morgan fingerprint density at radius 2 is 1.83 bits per heavy atom. The molecule has 0 aliphatic heterocycles. The smallest absolute Gasteiger partial charge is 0.322 e. The summed E-state index contributed by atoms with van der Waals surface area (Å²) in [5, 5.41) is 3.22. The highest BCUT2D eigenvalue weighted by molar-refractivity contribution is 7.92. The first-order valence-electron chi connectivity index (χ1n) is 9.75. The number of benzene rings is 1. The van der Waals surface area contributed by atoms with Gasteiger partial charge >= 0.3 is 6.03 Å². The molecule has 0 unspecified atom stereocenters. The number of nitrogens with zero attached hydrogens (tertiary/aromatic N) is 4. The molecular weight excluding hydrogens is 428 g/mol. The molecule has 2 aliphatic carbocycles. The zero-order valence-electron chi connectivity index (χ0n) is 16.8. The highest BCUT2D eigenvalue weighted by Gasteiger charge is 2.47. The Labute approximate surface area is 175 Å². The number of amides is 1. The van der Waals surface area contributed by atoms with Gasteiger partial charge in [-0.15, -0.1) is 5.10 Å². The fourth-order valence-corrected chi connectivity index (χ4v) is 7.11. The van der Waals surface area contributed by atoms with Crippen LogP contribution in [-0.4, -0.2) is 61.1 Å². The van der Waals surface area contributed by atoms with Crippen LogP contribution < -0.4 is 0 Å². The summed E-state index contributed by atoms with van der Waals surface area (Å²) in [7, 11) is -5.39. The zero-order chi connectivity index (χ0) is 21.7. The van der Waals surface area contributed by atoms with Gasteiger partial charge in [-0.2, -0.15) is 4.68 Å². The molecule has 0 saturated heterocycles. The van der Waals surface area contributed by atoms with Crippen LogP contribution in [0.2, 0.25) is 0 Å². The number of aromatic nitrogens is 3. The van der Waals surface area contributed by atoms with E-state index in [1.165, 1.54) is 17.0 Å². The summed E-state index contributed by atoms with van der Waals surface area (Å²) in [4.78, 5) is 18.1. The fourth-order valence-electron chi connectivity index (χ4n) is 4.53. The number of carbonyl (C=O) groups is 1. The maximum Gasteiger partial charge on any atom is 0.346 e. The van der Waals surface area contributed by atoms with Gasteiger partial charge in [0.15, 0.2) is 9.84 Å². The zero-order valence-corrected chi connectivity index (χ0v) is 18.4. The second-order valence-corrected chi connectivity index (χ2v) is 12.4. The molecule has 0 N–H and O–H groups in total. The Balaban J connectivity index is 1.46. The minimum absolute atomic E-state index is 0.167. The predicted octanol–water partition coefficient (Wildman–Crippen LogP) is 1.74. The Morgan fingerprint density at radius 3 is 2.40 bits per heavy atom. The van der Waals surface area contributed by atoms with Crippen LogP contribution in [0.25, 0.3) is 0 Å². The predicted molar refractivity (Wildman–Crippen MR) is 108 cm³/mol. The van der Waals surface area contributed by atoms with E-state index in [0.717, 1.165) is 42.1 Å². The molecule has 3 atom stereocenters. The molecule has 4 rings (SSSR count). The SMILES string of the molecule is CN(Cc1ccc(S(C)(=O)=O)cc1)C(=O)n1cnc(S(=O)(=O)[C@@H]2C[C@H]3CC[C@@H]2C3)n1. The van der Waals surface area contributed by atoms with Crippen molar-refractivity contribution in [2.75, 3.05) is 13.3 Å². The molecule has 2 aliphatic rings. The third-order valence-corrected chi connectivity index (χ3v) is 9.29. The van der Waals surface area contributed by atoms with Gasteiger partial charge in [0.2, 0.25) is 9.84 Å². The van der Waals surface area contributed by atoms with Crippen molar-refractivity contribution in [1.82, 2.24) is 19.7 Å². The van der Waals surface area contributed by atoms with Crippen molar-refractivity contribution in [2.24, 2.45) is 11.8 Å². The lowest BCUT2D eigenvalue weighted by Crippen LogP contribution is -2.32. The van der Waals surface area contributed by atoms with E-state index in [1.807, 2.05) is 0 Å². The number of hydrogen-bond donors (Lipinski definition) is 0. The van der Waals surface area contributed by atoms with Crippen molar-refractivity contribution in [2.45, 2.75) is 47.5 Å². The van der Waals surface area contributed by atoms with Gasteiger partial charge in [0.05, 0.1) is 10.1 Å². The van der Waals surface area contributed by atoms with E-state index in [0.29, 0.717) is 12.3 Å². The van der Waals surface area contributed by atoms with Crippen LogP contribution in [0, 0.1) is 11.8 Å². The van der Waals surface area contributed by atoms with E-state index >= 15 is 0 Å². The van der Waals surface area contributed by atoms with Gasteiger partial charge in [0, 0.05) is 19.8 Å². The minimum atomic E-state index is -3.66. The van der Waals surface area contributed by atoms with Crippen LogP contribution in [-0.2, 0) is 26.2 Å². The van der Waals surface area contributed by atoms with E-state index in [4.69, 9.17) is 0 Å². The lowest BCUT2D eigenvalue weighted by atomic mass is 10.0. The number of hydrogen-bond acceptors (Lipinski definition) is 7. The van der Waals surface area contributed by atoms with Gasteiger partial charge in [-0.25, -0.2) is 26.6 Å². The number of rotatable bonds is 5. The second kappa shape index (κ2) is 7.45. The lowest BCUT2D eigenvalue weighted by molar-refractivity contribution is 0.205. The lowest BCUT2D eigenvalue weighted by Gasteiger charge is -2.20. The third-order valence-electron chi connectivity index (χ3n) is 6.09. The average molecular weight is 453 g/mol. The van der Waals surface area contributed by atoms with Crippen LogP contribution >= 0.6 is 0 Å².